The van der Waals surface area contributed by atoms with Gasteiger partial charge in [-0.1, -0.05) is 65.3 Å². The molecule has 2 atom stereocenters. The van der Waals surface area contributed by atoms with Crippen LogP contribution >= 0.6 is 38.5 Å². The van der Waals surface area contributed by atoms with Crippen molar-refractivity contribution in [3.05, 3.63) is 98.0 Å². The summed E-state index contributed by atoms with van der Waals surface area (Å²) in [7, 11) is 0. The smallest absolute Gasteiger partial charge is 0.261 e. The van der Waals surface area contributed by atoms with Crippen molar-refractivity contribution < 1.29 is 14.3 Å². The first-order valence-electron chi connectivity index (χ1n) is 11.6. The second kappa shape index (κ2) is 13.6. The fourth-order valence-corrected chi connectivity index (χ4v) is 4.39. The lowest BCUT2D eigenvalue weighted by atomic mass is 10.0. The number of carbonyl (C=O) groups excluding carboxylic acids is 2. The van der Waals surface area contributed by atoms with Crippen LogP contribution in [-0.4, -0.2) is 35.4 Å². The highest BCUT2D eigenvalue weighted by atomic mass is 127. The van der Waals surface area contributed by atoms with Crippen LogP contribution in [0.5, 0.6) is 5.75 Å². The normalized spacial score (nSPS) is 12.5. The average molecular weight is 649 g/mol. The Morgan fingerprint density at radius 2 is 1.69 bits per heavy atom. The molecule has 184 valence electrons. The van der Waals surface area contributed by atoms with Crippen molar-refractivity contribution in [3.8, 4) is 5.75 Å². The van der Waals surface area contributed by atoms with E-state index < -0.39 is 6.04 Å². The topological polar surface area (TPSA) is 58.6 Å². The molecule has 0 bridgehead atoms. The molecule has 0 unspecified atom stereocenters. The standard InChI is InChI=1S/C28H30BrIN2O3/c1-3-20(2)31-28(34)26(17-21-8-5-4-6-9-21)32(18-22-10-7-11-23(29)16-22)27(33)19-35-25-14-12-24(30)13-15-25/h4-16,20,26H,3,17-19H2,1-2H3,(H,31,34)/t20-,26+/m0/s1. The van der Waals surface area contributed by atoms with E-state index in [1.54, 1.807) is 4.90 Å². The van der Waals surface area contributed by atoms with Crippen LogP contribution in [0.15, 0.2) is 83.3 Å². The zero-order valence-electron chi connectivity index (χ0n) is 19.9. The molecule has 0 fully saturated rings. The van der Waals surface area contributed by atoms with E-state index in [9.17, 15) is 9.59 Å². The van der Waals surface area contributed by atoms with E-state index in [4.69, 9.17) is 4.74 Å². The highest BCUT2D eigenvalue weighted by Crippen LogP contribution is 2.19. The zero-order valence-corrected chi connectivity index (χ0v) is 23.7. The van der Waals surface area contributed by atoms with Gasteiger partial charge in [0.05, 0.1) is 0 Å². The fraction of sp³-hybridized carbons (Fsp3) is 0.286. The molecule has 3 aromatic carbocycles. The van der Waals surface area contributed by atoms with E-state index in [0.29, 0.717) is 18.7 Å². The number of carbonyl (C=O) groups is 2. The summed E-state index contributed by atoms with van der Waals surface area (Å²) in [5.41, 5.74) is 1.92. The predicted molar refractivity (Wildman–Crippen MR) is 151 cm³/mol. The van der Waals surface area contributed by atoms with Gasteiger partial charge in [-0.05, 0) is 83.5 Å². The number of rotatable bonds is 11. The van der Waals surface area contributed by atoms with Crippen molar-refractivity contribution in [2.45, 2.75) is 45.3 Å². The largest absolute Gasteiger partial charge is 0.484 e. The number of ether oxygens (including phenoxy) is 1. The van der Waals surface area contributed by atoms with E-state index in [0.717, 1.165) is 25.6 Å². The maximum atomic E-state index is 13.6. The molecule has 0 aliphatic carbocycles. The highest BCUT2D eigenvalue weighted by molar-refractivity contribution is 14.1. The van der Waals surface area contributed by atoms with Crippen LogP contribution in [0.25, 0.3) is 0 Å². The maximum absolute atomic E-state index is 13.6. The van der Waals surface area contributed by atoms with Gasteiger partial charge in [-0.2, -0.15) is 0 Å². The summed E-state index contributed by atoms with van der Waals surface area (Å²) in [6.07, 6.45) is 1.21. The van der Waals surface area contributed by atoms with Crippen LogP contribution in [0.1, 0.15) is 31.4 Å². The summed E-state index contributed by atoms with van der Waals surface area (Å²) in [4.78, 5) is 28.7. The molecule has 2 amide bonds. The number of halogens is 2. The number of nitrogens with one attached hydrogen (secondary N) is 1. The van der Waals surface area contributed by atoms with Gasteiger partial charge in [0, 0.05) is 27.1 Å². The van der Waals surface area contributed by atoms with E-state index in [2.05, 4.69) is 43.8 Å². The predicted octanol–water partition coefficient (Wildman–Crippen LogP) is 5.99. The summed E-state index contributed by atoms with van der Waals surface area (Å²) in [6.45, 7) is 4.13. The van der Waals surface area contributed by atoms with Gasteiger partial charge in [-0.25, -0.2) is 0 Å². The van der Waals surface area contributed by atoms with Crippen LogP contribution in [0.2, 0.25) is 0 Å². The molecular weight excluding hydrogens is 619 g/mol. The molecule has 0 heterocycles. The van der Waals surface area contributed by atoms with Gasteiger partial charge in [-0.15, -0.1) is 0 Å². The second-order valence-electron chi connectivity index (χ2n) is 8.42. The van der Waals surface area contributed by atoms with Crippen molar-refractivity contribution >= 4 is 50.3 Å². The molecule has 1 N–H and O–H groups in total. The maximum Gasteiger partial charge on any atom is 0.261 e. The third kappa shape index (κ3) is 8.65. The quantitative estimate of drug-likeness (QED) is 0.260. The number of hydrogen-bond acceptors (Lipinski definition) is 3. The Morgan fingerprint density at radius 3 is 2.34 bits per heavy atom. The summed E-state index contributed by atoms with van der Waals surface area (Å²) in [6, 6.07) is 24.4. The molecule has 3 rings (SSSR count). The second-order valence-corrected chi connectivity index (χ2v) is 10.6. The number of hydrogen-bond donors (Lipinski definition) is 1. The van der Waals surface area contributed by atoms with Gasteiger partial charge in [0.25, 0.3) is 5.91 Å². The Morgan fingerprint density at radius 1 is 1.00 bits per heavy atom. The van der Waals surface area contributed by atoms with Gasteiger partial charge in [-0.3, -0.25) is 9.59 Å². The average Bonchev–Trinajstić information content (AvgIpc) is 2.86. The lowest BCUT2D eigenvalue weighted by Crippen LogP contribution is -2.53. The van der Waals surface area contributed by atoms with Crippen LogP contribution in [-0.2, 0) is 22.6 Å². The molecule has 0 saturated carbocycles. The van der Waals surface area contributed by atoms with Crippen LogP contribution in [0.4, 0.5) is 0 Å². The van der Waals surface area contributed by atoms with Gasteiger partial charge >= 0.3 is 0 Å². The van der Waals surface area contributed by atoms with Gasteiger partial charge < -0.3 is 15.0 Å². The Balaban J connectivity index is 1.90. The van der Waals surface area contributed by atoms with E-state index in [1.807, 2.05) is 92.7 Å². The molecule has 3 aromatic rings. The third-order valence-corrected chi connectivity index (χ3v) is 6.90. The van der Waals surface area contributed by atoms with Crippen molar-refractivity contribution in [2.24, 2.45) is 0 Å². The first-order valence-corrected chi connectivity index (χ1v) is 13.5. The molecule has 0 saturated heterocycles. The van der Waals surface area contributed by atoms with Crippen molar-refractivity contribution in [2.75, 3.05) is 6.61 Å². The zero-order chi connectivity index (χ0) is 25.2. The molecule has 7 heteroatoms. The van der Waals surface area contributed by atoms with Crippen LogP contribution in [0, 0.1) is 3.57 Å². The van der Waals surface area contributed by atoms with E-state index >= 15 is 0 Å². The number of amides is 2. The SMILES string of the molecule is CC[C@H](C)NC(=O)[C@@H](Cc1ccccc1)N(Cc1cccc(Br)c1)C(=O)COc1ccc(I)cc1. The number of benzene rings is 3. The Bertz CT molecular complexity index is 1110. The van der Waals surface area contributed by atoms with E-state index in [-0.39, 0.29) is 24.5 Å². The minimum Gasteiger partial charge on any atom is -0.484 e. The summed E-state index contributed by atoms with van der Waals surface area (Å²) < 4.78 is 7.82. The Hall–Kier alpha value is -2.39. The minimum atomic E-state index is -0.682. The summed E-state index contributed by atoms with van der Waals surface area (Å²) >= 11 is 5.73. The first kappa shape index (κ1) is 27.2. The third-order valence-electron chi connectivity index (χ3n) is 5.69. The molecule has 0 aromatic heterocycles. The van der Waals surface area contributed by atoms with Gasteiger partial charge in [0.1, 0.15) is 11.8 Å². The fourth-order valence-electron chi connectivity index (χ4n) is 3.59. The van der Waals surface area contributed by atoms with Crippen LogP contribution < -0.4 is 10.1 Å². The molecule has 0 aliphatic rings. The Kier molecular flexibility index (Phi) is 10.6. The van der Waals surface area contributed by atoms with E-state index in [1.165, 1.54) is 0 Å². The van der Waals surface area contributed by atoms with Crippen molar-refractivity contribution in [1.82, 2.24) is 10.2 Å². The van der Waals surface area contributed by atoms with Gasteiger partial charge in [0.2, 0.25) is 5.91 Å². The summed E-state index contributed by atoms with van der Waals surface area (Å²) in [5.74, 6) is 0.203. The lowest BCUT2D eigenvalue weighted by Gasteiger charge is -2.32. The molecule has 35 heavy (non-hydrogen) atoms. The number of nitrogens with zero attached hydrogens (tertiary/aromatic N) is 1. The Labute approximate surface area is 229 Å². The van der Waals surface area contributed by atoms with Crippen molar-refractivity contribution in [1.29, 1.82) is 0 Å². The molecule has 0 spiro atoms. The molecule has 0 radical (unpaired) electrons. The lowest BCUT2D eigenvalue weighted by molar-refractivity contribution is -0.143. The molecule has 5 nitrogen and oxygen atoms in total. The first-order chi connectivity index (χ1) is 16.9. The van der Waals surface area contributed by atoms with Gasteiger partial charge in [0.15, 0.2) is 6.61 Å². The van der Waals surface area contributed by atoms with Crippen LogP contribution in [0.3, 0.4) is 0 Å². The monoisotopic (exact) mass is 648 g/mol. The minimum absolute atomic E-state index is 0.00615. The molecular formula is C28H30BrIN2O3. The van der Waals surface area contributed by atoms with Crippen molar-refractivity contribution in [3.63, 3.8) is 0 Å². The molecule has 0 aliphatic heterocycles. The summed E-state index contributed by atoms with van der Waals surface area (Å²) in [5, 5.41) is 3.08. The highest BCUT2D eigenvalue weighted by Gasteiger charge is 2.31.